The Hall–Kier alpha value is -3.11. The fourth-order valence-electron chi connectivity index (χ4n) is 4.37. The Kier molecular flexibility index (Phi) is 6.15. The highest BCUT2D eigenvalue weighted by Gasteiger charge is 2.39. The zero-order valence-electron chi connectivity index (χ0n) is 17.5. The number of benzene rings is 3. The van der Waals surface area contributed by atoms with E-state index in [1.54, 1.807) is 7.11 Å². The van der Waals surface area contributed by atoms with Gasteiger partial charge in [0.2, 0.25) is 0 Å². The highest BCUT2D eigenvalue weighted by atomic mass is 16.5. The first-order valence-corrected chi connectivity index (χ1v) is 10.4. The maximum absolute atomic E-state index is 13.1. The van der Waals surface area contributed by atoms with Crippen molar-refractivity contribution in [3.63, 3.8) is 0 Å². The number of carbonyl (C=O) groups excluding carboxylic acids is 1. The van der Waals surface area contributed by atoms with Gasteiger partial charge < -0.3 is 9.47 Å². The number of rotatable bonds is 6. The van der Waals surface area contributed by atoms with Gasteiger partial charge in [0, 0.05) is 18.5 Å². The van der Waals surface area contributed by atoms with Crippen LogP contribution in [-0.4, -0.2) is 30.6 Å². The van der Waals surface area contributed by atoms with Gasteiger partial charge >= 0.3 is 5.97 Å². The molecule has 1 heterocycles. The molecular weight excluding hydrogens is 374 g/mol. The lowest BCUT2D eigenvalue weighted by Gasteiger charge is -2.41. The monoisotopic (exact) mass is 401 g/mol. The molecule has 3 aromatic rings. The summed E-state index contributed by atoms with van der Waals surface area (Å²) in [4.78, 5) is 15.3. The zero-order chi connectivity index (χ0) is 20.9. The summed E-state index contributed by atoms with van der Waals surface area (Å²) in [6.45, 7) is 2.86. The summed E-state index contributed by atoms with van der Waals surface area (Å²) in [7, 11) is 1.68. The average molecular weight is 402 g/mol. The van der Waals surface area contributed by atoms with E-state index in [1.807, 2.05) is 55.5 Å². The number of methoxy groups -OCH3 is 1. The summed E-state index contributed by atoms with van der Waals surface area (Å²) in [5.74, 6) is 0.642. The fraction of sp³-hybridized carbons (Fsp3) is 0.269. The van der Waals surface area contributed by atoms with Crippen LogP contribution in [0.1, 0.15) is 35.2 Å². The second-order valence-electron chi connectivity index (χ2n) is 7.47. The van der Waals surface area contributed by atoms with Crippen molar-refractivity contribution in [3.05, 3.63) is 101 Å². The topological polar surface area (TPSA) is 38.8 Å². The van der Waals surface area contributed by atoms with E-state index in [2.05, 4.69) is 35.2 Å². The van der Waals surface area contributed by atoms with E-state index < -0.39 is 0 Å². The number of hydrogen-bond donors (Lipinski definition) is 0. The molecule has 1 atom stereocenters. The van der Waals surface area contributed by atoms with E-state index in [9.17, 15) is 4.79 Å². The van der Waals surface area contributed by atoms with Gasteiger partial charge in [-0.15, -0.1) is 0 Å². The van der Waals surface area contributed by atoms with Crippen molar-refractivity contribution in [2.45, 2.75) is 32.0 Å². The second-order valence-corrected chi connectivity index (χ2v) is 7.47. The van der Waals surface area contributed by atoms with E-state index in [1.165, 1.54) is 5.56 Å². The van der Waals surface area contributed by atoms with Crippen LogP contribution in [0.15, 0.2) is 78.9 Å². The maximum atomic E-state index is 13.1. The molecule has 0 aromatic heterocycles. The normalized spacial score (nSPS) is 16.2. The molecule has 3 aromatic carbocycles. The number of fused-ring (bicyclic) bond motifs is 1. The third-order valence-corrected chi connectivity index (χ3v) is 5.72. The number of nitrogens with zero attached hydrogens (tertiary/aromatic N) is 1. The van der Waals surface area contributed by atoms with Gasteiger partial charge in [-0.3, -0.25) is 9.69 Å². The Labute approximate surface area is 178 Å². The summed E-state index contributed by atoms with van der Waals surface area (Å²) in [5, 5.41) is 0. The Balaban J connectivity index is 1.83. The van der Waals surface area contributed by atoms with Crippen LogP contribution >= 0.6 is 0 Å². The molecule has 4 nitrogen and oxygen atoms in total. The smallest absolute Gasteiger partial charge is 0.323 e. The molecular formula is C26H27NO3. The highest BCUT2D eigenvalue weighted by molar-refractivity contribution is 5.77. The Morgan fingerprint density at radius 2 is 1.60 bits per heavy atom. The van der Waals surface area contributed by atoms with Crippen LogP contribution in [0.5, 0.6) is 5.75 Å². The summed E-state index contributed by atoms with van der Waals surface area (Å²) in [5.41, 5.74) is 4.59. The van der Waals surface area contributed by atoms with Crippen LogP contribution < -0.4 is 4.74 Å². The molecule has 0 saturated carbocycles. The van der Waals surface area contributed by atoms with Crippen molar-refractivity contribution < 1.29 is 14.3 Å². The predicted molar refractivity (Wildman–Crippen MR) is 117 cm³/mol. The van der Waals surface area contributed by atoms with Gasteiger partial charge in [-0.1, -0.05) is 72.8 Å². The van der Waals surface area contributed by atoms with Crippen molar-refractivity contribution in [2.24, 2.45) is 0 Å². The summed E-state index contributed by atoms with van der Waals surface area (Å²) in [6.07, 6.45) is 0.564. The van der Waals surface area contributed by atoms with Crippen LogP contribution in [0.4, 0.5) is 0 Å². The van der Waals surface area contributed by atoms with Crippen molar-refractivity contribution in [3.8, 4) is 5.75 Å². The van der Waals surface area contributed by atoms with Crippen LogP contribution in [0.2, 0.25) is 0 Å². The molecule has 4 rings (SSSR count). The van der Waals surface area contributed by atoms with E-state index >= 15 is 0 Å². The minimum Gasteiger partial charge on any atom is -0.496 e. The molecule has 0 N–H and O–H groups in total. The predicted octanol–water partition coefficient (Wildman–Crippen LogP) is 4.77. The van der Waals surface area contributed by atoms with Crippen molar-refractivity contribution >= 4 is 5.97 Å². The Bertz CT molecular complexity index is 948. The summed E-state index contributed by atoms with van der Waals surface area (Å²) >= 11 is 0. The fourth-order valence-corrected chi connectivity index (χ4v) is 4.37. The Morgan fingerprint density at radius 3 is 2.17 bits per heavy atom. The summed E-state index contributed by atoms with van der Waals surface area (Å²) < 4.78 is 11.1. The zero-order valence-corrected chi connectivity index (χ0v) is 17.5. The lowest BCUT2D eigenvalue weighted by molar-refractivity contribution is -0.151. The maximum Gasteiger partial charge on any atom is 0.323 e. The molecule has 0 spiro atoms. The molecule has 30 heavy (non-hydrogen) atoms. The van der Waals surface area contributed by atoms with Gasteiger partial charge in [-0.05, 0) is 29.7 Å². The third kappa shape index (κ3) is 3.96. The molecule has 0 bridgehead atoms. The summed E-state index contributed by atoms with van der Waals surface area (Å²) in [6, 6.07) is 26.4. The molecule has 0 radical (unpaired) electrons. The van der Waals surface area contributed by atoms with Crippen molar-refractivity contribution in [2.75, 3.05) is 13.7 Å². The molecule has 4 heteroatoms. The third-order valence-electron chi connectivity index (χ3n) is 5.72. The van der Waals surface area contributed by atoms with Crippen molar-refractivity contribution in [1.29, 1.82) is 0 Å². The molecule has 0 saturated heterocycles. The van der Waals surface area contributed by atoms with E-state index in [0.717, 1.165) is 22.4 Å². The first-order chi connectivity index (χ1) is 14.7. The Morgan fingerprint density at radius 1 is 0.967 bits per heavy atom. The number of hydrogen-bond acceptors (Lipinski definition) is 4. The molecule has 1 aliphatic rings. The van der Waals surface area contributed by atoms with Gasteiger partial charge in [0.05, 0.1) is 19.8 Å². The average Bonchev–Trinajstić information content (AvgIpc) is 2.80. The quantitative estimate of drug-likeness (QED) is 0.558. The molecule has 1 unspecified atom stereocenters. The number of carbonyl (C=O) groups is 1. The SMILES string of the molecule is CCOC(=O)C1Cc2c(cccc2OC)CN1C(c1ccccc1)c1ccccc1. The molecule has 0 fully saturated rings. The lowest BCUT2D eigenvalue weighted by atomic mass is 9.88. The largest absolute Gasteiger partial charge is 0.496 e. The van der Waals surface area contributed by atoms with Gasteiger partial charge in [0.25, 0.3) is 0 Å². The molecule has 154 valence electrons. The first-order valence-electron chi connectivity index (χ1n) is 10.4. The van der Waals surface area contributed by atoms with Crippen LogP contribution in [0, 0.1) is 0 Å². The molecule has 0 aliphatic carbocycles. The standard InChI is InChI=1S/C26H27NO3/c1-3-30-26(28)23-17-22-21(15-10-16-24(22)29-2)18-27(23)25(19-11-6-4-7-12-19)20-13-8-5-9-14-20/h4-16,23,25H,3,17-18H2,1-2H3. The van der Waals surface area contributed by atoms with E-state index in [4.69, 9.17) is 9.47 Å². The van der Waals surface area contributed by atoms with E-state index in [0.29, 0.717) is 19.6 Å². The minimum absolute atomic E-state index is 0.0545. The first kappa shape index (κ1) is 20.2. The lowest BCUT2D eigenvalue weighted by Crippen LogP contribution is -2.48. The van der Waals surface area contributed by atoms with Gasteiger partial charge in [-0.2, -0.15) is 0 Å². The molecule has 1 aliphatic heterocycles. The van der Waals surface area contributed by atoms with Crippen LogP contribution in [0.3, 0.4) is 0 Å². The highest BCUT2D eigenvalue weighted by Crippen LogP contribution is 2.38. The van der Waals surface area contributed by atoms with Gasteiger partial charge in [-0.25, -0.2) is 0 Å². The number of ether oxygens (including phenoxy) is 2. The van der Waals surface area contributed by atoms with Crippen LogP contribution in [0.25, 0.3) is 0 Å². The van der Waals surface area contributed by atoms with Gasteiger partial charge in [0.15, 0.2) is 0 Å². The van der Waals surface area contributed by atoms with Crippen molar-refractivity contribution in [1.82, 2.24) is 4.90 Å². The second kappa shape index (κ2) is 9.14. The van der Waals surface area contributed by atoms with Gasteiger partial charge in [0.1, 0.15) is 11.8 Å². The molecule has 0 amide bonds. The van der Waals surface area contributed by atoms with E-state index in [-0.39, 0.29) is 18.1 Å². The van der Waals surface area contributed by atoms with Crippen LogP contribution in [-0.2, 0) is 22.5 Å². The number of esters is 1. The minimum atomic E-state index is -0.390.